The maximum absolute atomic E-state index is 13.8. The zero-order valence-corrected chi connectivity index (χ0v) is 23.0. The average molecular weight is 571 g/mol. The van der Waals surface area contributed by atoms with E-state index in [2.05, 4.69) is 10.6 Å². The van der Waals surface area contributed by atoms with Gasteiger partial charge in [-0.15, -0.1) is 11.3 Å². The molecule has 1 aliphatic heterocycles. The molecule has 0 radical (unpaired) electrons. The number of nitrogens with one attached hydrogen (secondary N) is 3. The summed E-state index contributed by atoms with van der Waals surface area (Å²) in [5.74, 6) is -1.44. The van der Waals surface area contributed by atoms with E-state index in [1.165, 1.54) is 16.2 Å². The Morgan fingerprint density at radius 1 is 1.03 bits per heavy atom. The third kappa shape index (κ3) is 6.13. The molecule has 1 atom stereocenters. The molecule has 1 aromatic heterocycles. The van der Waals surface area contributed by atoms with Crippen molar-refractivity contribution in [2.75, 3.05) is 30.7 Å². The molecule has 4 rings (SSSR count). The van der Waals surface area contributed by atoms with Gasteiger partial charge in [0.15, 0.2) is 9.84 Å². The highest BCUT2D eigenvalue weighted by atomic mass is 32.2. The minimum Gasteiger partial charge on any atom is -0.338 e. The van der Waals surface area contributed by atoms with Gasteiger partial charge in [-0.05, 0) is 55.3 Å². The number of rotatable bonds is 7. The largest absolute Gasteiger partial charge is 0.338 e. The second-order valence-corrected chi connectivity index (χ2v) is 12.7. The standard InChI is InChI=1S/C27H30N4O6S2/c1-2-28-26(34)29-21-10-6-9-20(17-21)22-11-12-23(38-22)27(18-24(32)30-35)13-14-31(15-16-39(27,36)37)25(33)19-7-4-3-5-8-19/h3-12,17,35H,2,13-16,18H2,1H3,(H,30,32)(H2,28,29,34). The molecule has 1 unspecified atom stereocenters. The SMILES string of the molecule is CCNC(=O)Nc1cccc(-c2ccc(C3(CC(=O)NO)CCN(C(=O)c4ccccc4)CCS3(=O)=O)s2)c1. The van der Waals surface area contributed by atoms with Crippen LogP contribution in [-0.4, -0.2) is 61.8 Å². The number of nitrogens with zero attached hydrogens (tertiary/aromatic N) is 1. The summed E-state index contributed by atoms with van der Waals surface area (Å²) in [7, 11) is -3.95. The number of benzene rings is 2. The Kier molecular flexibility index (Phi) is 8.68. The van der Waals surface area contributed by atoms with Crippen LogP contribution in [0.2, 0.25) is 0 Å². The van der Waals surface area contributed by atoms with Crippen LogP contribution in [0.25, 0.3) is 10.4 Å². The fraction of sp³-hybridized carbons (Fsp3) is 0.296. The Bertz CT molecular complexity index is 1460. The molecule has 0 spiro atoms. The smallest absolute Gasteiger partial charge is 0.319 e. The normalized spacial score (nSPS) is 18.6. The molecule has 2 heterocycles. The van der Waals surface area contributed by atoms with E-state index in [-0.39, 0.29) is 37.2 Å². The highest BCUT2D eigenvalue weighted by Crippen LogP contribution is 2.45. The lowest BCUT2D eigenvalue weighted by molar-refractivity contribution is -0.129. The van der Waals surface area contributed by atoms with Crippen LogP contribution >= 0.6 is 11.3 Å². The quantitative estimate of drug-likeness (QED) is 0.252. The van der Waals surface area contributed by atoms with Crippen LogP contribution in [0.5, 0.6) is 0 Å². The Hall–Kier alpha value is -3.74. The van der Waals surface area contributed by atoms with Gasteiger partial charge in [-0.2, -0.15) is 0 Å². The number of anilines is 1. The Morgan fingerprint density at radius 3 is 2.51 bits per heavy atom. The van der Waals surface area contributed by atoms with E-state index in [0.717, 1.165) is 10.4 Å². The van der Waals surface area contributed by atoms with Gasteiger partial charge in [0.1, 0.15) is 4.75 Å². The first kappa shape index (κ1) is 28.3. The van der Waals surface area contributed by atoms with E-state index in [1.54, 1.807) is 66.1 Å². The number of urea groups is 1. The Balaban J connectivity index is 1.68. The second-order valence-electron chi connectivity index (χ2n) is 9.16. The first-order valence-electron chi connectivity index (χ1n) is 12.4. The van der Waals surface area contributed by atoms with Crippen molar-refractivity contribution >= 4 is 44.7 Å². The first-order valence-corrected chi connectivity index (χ1v) is 14.9. The second kappa shape index (κ2) is 12.0. The molecule has 4 amide bonds. The predicted molar refractivity (Wildman–Crippen MR) is 149 cm³/mol. The van der Waals surface area contributed by atoms with E-state index in [1.807, 2.05) is 13.0 Å². The van der Waals surface area contributed by atoms with Crippen LogP contribution in [0.4, 0.5) is 10.5 Å². The Morgan fingerprint density at radius 2 is 1.79 bits per heavy atom. The lowest BCUT2D eigenvalue weighted by Gasteiger charge is -2.30. The molecule has 0 bridgehead atoms. The van der Waals surface area contributed by atoms with Crippen molar-refractivity contribution in [3.63, 3.8) is 0 Å². The van der Waals surface area contributed by atoms with Gasteiger partial charge in [0.05, 0.1) is 12.2 Å². The summed E-state index contributed by atoms with van der Waals surface area (Å²) in [6, 6.07) is 18.9. The summed E-state index contributed by atoms with van der Waals surface area (Å²) in [5, 5.41) is 14.7. The lowest BCUT2D eigenvalue weighted by atomic mass is 9.97. The van der Waals surface area contributed by atoms with Crippen LogP contribution in [0.15, 0.2) is 66.7 Å². The van der Waals surface area contributed by atoms with Gasteiger partial charge in [0.2, 0.25) is 5.91 Å². The van der Waals surface area contributed by atoms with Gasteiger partial charge in [-0.25, -0.2) is 18.7 Å². The first-order chi connectivity index (χ1) is 18.7. The van der Waals surface area contributed by atoms with Gasteiger partial charge in [-0.3, -0.25) is 14.8 Å². The molecule has 12 heteroatoms. The number of carbonyl (C=O) groups excluding carboxylic acids is 3. The summed E-state index contributed by atoms with van der Waals surface area (Å²) in [6.07, 6.45) is -0.502. The van der Waals surface area contributed by atoms with Gasteiger partial charge in [-0.1, -0.05) is 30.3 Å². The highest BCUT2D eigenvalue weighted by Gasteiger charge is 2.49. The maximum atomic E-state index is 13.8. The van der Waals surface area contributed by atoms with Gasteiger partial charge < -0.3 is 15.5 Å². The maximum Gasteiger partial charge on any atom is 0.319 e. The van der Waals surface area contributed by atoms with Crippen LogP contribution in [0, 0.1) is 0 Å². The molecule has 10 nitrogen and oxygen atoms in total. The monoisotopic (exact) mass is 570 g/mol. The van der Waals surface area contributed by atoms with Crippen LogP contribution in [0.1, 0.15) is 35.0 Å². The predicted octanol–water partition coefficient (Wildman–Crippen LogP) is 3.61. The van der Waals surface area contributed by atoms with E-state index < -0.39 is 26.9 Å². The van der Waals surface area contributed by atoms with Crippen LogP contribution in [0.3, 0.4) is 0 Å². The fourth-order valence-corrected chi connectivity index (χ4v) is 8.26. The average Bonchev–Trinajstić information content (AvgIpc) is 3.38. The molecule has 1 saturated heterocycles. The number of hydrogen-bond donors (Lipinski definition) is 4. The van der Waals surface area contributed by atoms with Crippen molar-refractivity contribution in [2.45, 2.75) is 24.5 Å². The Labute approximate surface area is 230 Å². The molecular formula is C27H30N4O6S2. The number of hydroxylamine groups is 1. The third-order valence-electron chi connectivity index (χ3n) is 6.69. The molecule has 4 N–H and O–H groups in total. The topological polar surface area (TPSA) is 145 Å². The van der Waals surface area contributed by atoms with Crippen molar-refractivity contribution in [1.82, 2.24) is 15.7 Å². The number of sulfone groups is 1. The van der Waals surface area contributed by atoms with E-state index in [9.17, 15) is 28.0 Å². The fourth-order valence-electron chi connectivity index (χ4n) is 4.66. The number of amides is 4. The minimum atomic E-state index is -3.95. The van der Waals surface area contributed by atoms with Gasteiger partial charge >= 0.3 is 6.03 Å². The highest BCUT2D eigenvalue weighted by molar-refractivity contribution is 7.92. The van der Waals surface area contributed by atoms with E-state index in [4.69, 9.17) is 0 Å². The third-order valence-corrected chi connectivity index (χ3v) is 10.6. The molecule has 1 fully saturated rings. The minimum absolute atomic E-state index is 0.00960. The van der Waals surface area contributed by atoms with Crippen molar-refractivity contribution in [3.05, 3.63) is 77.2 Å². The molecular weight excluding hydrogens is 540 g/mol. The van der Waals surface area contributed by atoms with E-state index in [0.29, 0.717) is 22.7 Å². The summed E-state index contributed by atoms with van der Waals surface area (Å²) in [6.45, 7) is 2.40. The van der Waals surface area contributed by atoms with Crippen molar-refractivity contribution in [2.24, 2.45) is 0 Å². The van der Waals surface area contributed by atoms with Crippen LogP contribution < -0.4 is 16.1 Å². The summed E-state index contributed by atoms with van der Waals surface area (Å²) in [4.78, 5) is 40.2. The zero-order valence-electron chi connectivity index (χ0n) is 21.3. The molecule has 1 aliphatic rings. The van der Waals surface area contributed by atoms with Crippen molar-refractivity contribution in [1.29, 1.82) is 0 Å². The van der Waals surface area contributed by atoms with Crippen LogP contribution in [-0.2, 0) is 19.4 Å². The summed E-state index contributed by atoms with van der Waals surface area (Å²) < 4.78 is 26.0. The number of carbonyl (C=O) groups is 3. The van der Waals surface area contributed by atoms with Gasteiger partial charge in [0, 0.05) is 40.6 Å². The molecule has 206 valence electrons. The van der Waals surface area contributed by atoms with Crippen molar-refractivity contribution in [3.8, 4) is 10.4 Å². The molecule has 39 heavy (non-hydrogen) atoms. The molecule has 2 aromatic carbocycles. The number of thiophene rings is 1. The molecule has 0 aliphatic carbocycles. The van der Waals surface area contributed by atoms with Crippen molar-refractivity contribution < 1.29 is 28.0 Å². The molecule has 0 saturated carbocycles. The van der Waals surface area contributed by atoms with Gasteiger partial charge in [0.25, 0.3) is 5.91 Å². The lowest BCUT2D eigenvalue weighted by Crippen LogP contribution is -2.41. The summed E-state index contributed by atoms with van der Waals surface area (Å²) in [5.41, 5.74) is 3.36. The molecule has 3 aromatic rings. The number of hydrogen-bond acceptors (Lipinski definition) is 7. The summed E-state index contributed by atoms with van der Waals surface area (Å²) >= 11 is 1.23. The zero-order chi connectivity index (χ0) is 28.0. The van der Waals surface area contributed by atoms with E-state index >= 15 is 0 Å².